The van der Waals surface area contributed by atoms with Gasteiger partial charge in [-0.15, -0.1) is 11.8 Å². The number of hydrogen-bond acceptors (Lipinski definition) is 8. The van der Waals surface area contributed by atoms with E-state index in [0.717, 1.165) is 17.7 Å². The first-order chi connectivity index (χ1) is 20.6. The second-order valence-corrected chi connectivity index (χ2v) is 11.7. The van der Waals surface area contributed by atoms with E-state index < -0.39 is 34.7 Å². The van der Waals surface area contributed by atoms with Gasteiger partial charge in [-0.3, -0.25) is 9.59 Å². The summed E-state index contributed by atoms with van der Waals surface area (Å²) in [5, 5.41) is 17.8. The molecule has 0 bridgehead atoms. The summed E-state index contributed by atoms with van der Waals surface area (Å²) in [4.78, 5) is 27.8. The van der Waals surface area contributed by atoms with Crippen molar-refractivity contribution in [2.45, 2.75) is 35.9 Å². The van der Waals surface area contributed by atoms with Gasteiger partial charge in [0.25, 0.3) is 5.91 Å². The number of anilines is 1. The number of benzene rings is 3. The number of amides is 2. The fourth-order valence-electron chi connectivity index (χ4n) is 4.71. The van der Waals surface area contributed by atoms with Gasteiger partial charge < -0.3 is 25.6 Å². The molecular formula is C30H29F2N5O5S. The molecule has 2 atom stereocenters. The molecule has 2 amide bonds. The number of nitrogens with zero attached hydrogens (tertiary/aromatic N) is 3. The molecule has 0 saturated carbocycles. The van der Waals surface area contributed by atoms with Crippen LogP contribution in [0.25, 0.3) is 0 Å². The number of nitrogens with two attached hydrogens (primary N) is 1. The molecule has 3 aromatic carbocycles. The summed E-state index contributed by atoms with van der Waals surface area (Å²) in [6.45, 7) is 2.23. The second kappa shape index (κ2) is 13.0. The van der Waals surface area contributed by atoms with Crippen molar-refractivity contribution in [3.8, 4) is 0 Å². The monoisotopic (exact) mass is 609 g/mol. The maximum atomic E-state index is 14.8. The van der Waals surface area contributed by atoms with E-state index in [-0.39, 0.29) is 36.5 Å². The van der Waals surface area contributed by atoms with E-state index in [1.165, 1.54) is 47.3 Å². The highest BCUT2D eigenvalue weighted by Gasteiger charge is 2.41. The molecule has 224 valence electrons. The summed E-state index contributed by atoms with van der Waals surface area (Å²) in [7, 11) is 0. The van der Waals surface area contributed by atoms with Crippen molar-refractivity contribution < 1.29 is 33.0 Å². The van der Waals surface area contributed by atoms with Crippen molar-refractivity contribution in [1.82, 2.24) is 14.8 Å². The lowest BCUT2D eigenvalue weighted by Crippen LogP contribution is -2.43. The Kier molecular flexibility index (Phi) is 9.16. The summed E-state index contributed by atoms with van der Waals surface area (Å²) >= 11 is 1.36. The summed E-state index contributed by atoms with van der Waals surface area (Å²) < 4.78 is 41.8. The van der Waals surface area contributed by atoms with E-state index in [4.69, 9.17) is 15.2 Å². The van der Waals surface area contributed by atoms with Gasteiger partial charge in [-0.25, -0.2) is 18.4 Å². The second-order valence-electron chi connectivity index (χ2n) is 10.1. The van der Waals surface area contributed by atoms with Crippen LogP contribution in [0, 0.1) is 11.6 Å². The largest absolute Gasteiger partial charge is 0.382 e. The number of hydrogen-bond donors (Lipinski definition) is 3. The van der Waals surface area contributed by atoms with E-state index in [2.05, 4.69) is 15.4 Å². The minimum atomic E-state index is -1.74. The van der Waals surface area contributed by atoms with Gasteiger partial charge >= 0.3 is 0 Å². The van der Waals surface area contributed by atoms with Crippen LogP contribution in [0.2, 0.25) is 0 Å². The molecule has 0 spiro atoms. The van der Waals surface area contributed by atoms with Gasteiger partial charge in [0.2, 0.25) is 5.91 Å². The number of aliphatic hydroxyl groups is 1. The molecule has 0 aliphatic carbocycles. The van der Waals surface area contributed by atoms with Crippen LogP contribution in [0.5, 0.6) is 0 Å². The van der Waals surface area contributed by atoms with Crippen LogP contribution >= 0.6 is 11.8 Å². The van der Waals surface area contributed by atoms with E-state index in [1.54, 1.807) is 43.3 Å². The van der Waals surface area contributed by atoms with Gasteiger partial charge in [0, 0.05) is 39.3 Å². The van der Waals surface area contributed by atoms with Crippen LogP contribution in [-0.2, 0) is 21.6 Å². The van der Waals surface area contributed by atoms with Crippen LogP contribution in [0.1, 0.15) is 45.1 Å². The molecule has 4 N–H and O–H groups in total. The normalized spacial score (nSPS) is 18.9. The molecule has 1 aromatic heterocycles. The Balaban J connectivity index is 1.19. The lowest BCUT2D eigenvalue weighted by molar-refractivity contribution is -0.180. The number of rotatable bonds is 10. The van der Waals surface area contributed by atoms with Gasteiger partial charge in [0.1, 0.15) is 29.9 Å². The molecule has 1 fully saturated rings. The zero-order chi connectivity index (χ0) is 30.6. The summed E-state index contributed by atoms with van der Waals surface area (Å²) in [5.74, 6) is -2.48. The number of halogens is 2. The standard InChI is InChI=1S/C30H29F2N5O5S/c1-18(30(40,15-37-17-34-16-35-37)25-11-8-22(31)12-26(25)32)43-24-13-41-29(42-14-24)21-4-2-20(3-5-21)28(39)36-23-9-6-19(7-10-23)27(33)38/h2-12,16-18,24,29,40H,13-15H2,1H3,(H2,33,38)(H,36,39)/t18-,24-,29-,30-/m1/s1. The lowest BCUT2D eigenvalue weighted by Gasteiger charge is -2.37. The highest BCUT2D eigenvalue weighted by Crippen LogP contribution is 2.39. The predicted molar refractivity (Wildman–Crippen MR) is 155 cm³/mol. The number of aromatic nitrogens is 3. The number of carbonyl (C=O) groups excluding carboxylic acids is 2. The maximum Gasteiger partial charge on any atom is 0.255 e. The number of nitrogens with one attached hydrogen (secondary N) is 1. The third-order valence-electron chi connectivity index (χ3n) is 7.08. The molecule has 13 heteroatoms. The van der Waals surface area contributed by atoms with Crippen molar-refractivity contribution in [1.29, 1.82) is 0 Å². The third kappa shape index (κ3) is 7.08. The SMILES string of the molecule is C[C@@H](S[C@H]1CO[C@H](c2ccc(C(=O)Nc3ccc(C(N)=O)cc3)cc2)OC1)[C@](O)(Cn1cncn1)c1ccc(F)cc1F. The minimum absolute atomic E-state index is 0.0493. The first-order valence-electron chi connectivity index (χ1n) is 13.3. The van der Waals surface area contributed by atoms with E-state index >= 15 is 0 Å². The Morgan fingerprint density at radius 1 is 1.09 bits per heavy atom. The third-order valence-corrected chi connectivity index (χ3v) is 8.53. The molecule has 0 unspecified atom stereocenters. The fourth-order valence-corrected chi connectivity index (χ4v) is 6.02. The van der Waals surface area contributed by atoms with Crippen molar-refractivity contribution in [3.63, 3.8) is 0 Å². The zero-order valence-electron chi connectivity index (χ0n) is 23.0. The first-order valence-corrected chi connectivity index (χ1v) is 14.3. The molecule has 10 nitrogen and oxygen atoms in total. The molecule has 1 aliphatic heterocycles. The summed E-state index contributed by atoms with van der Waals surface area (Å²) in [6, 6.07) is 16.1. The smallest absolute Gasteiger partial charge is 0.255 e. The van der Waals surface area contributed by atoms with Crippen LogP contribution in [-0.4, -0.2) is 55.4 Å². The average molecular weight is 610 g/mol. The Labute approximate surface area is 250 Å². The average Bonchev–Trinajstić information content (AvgIpc) is 3.50. The summed E-state index contributed by atoms with van der Waals surface area (Å²) in [6.07, 6.45) is 2.07. The Hall–Kier alpha value is -4.17. The maximum absolute atomic E-state index is 14.8. The highest BCUT2D eigenvalue weighted by molar-refractivity contribution is 8.00. The molecule has 4 aromatic rings. The van der Waals surface area contributed by atoms with Crippen LogP contribution < -0.4 is 11.1 Å². The zero-order valence-corrected chi connectivity index (χ0v) is 23.8. The van der Waals surface area contributed by atoms with Crippen molar-refractivity contribution in [2.75, 3.05) is 18.5 Å². The lowest BCUT2D eigenvalue weighted by atomic mass is 9.90. The topological polar surface area (TPSA) is 142 Å². The molecular weight excluding hydrogens is 580 g/mol. The minimum Gasteiger partial charge on any atom is -0.382 e. The van der Waals surface area contributed by atoms with Crippen LogP contribution in [0.15, 0.2) is 79.4 Å². The highest BCUT2D eigenvalue weighted by atomic mass is 32.2. The Morgan fingerprint density at radius 3 is 2.37 bits per heavy atom. The predicted octanol–water partition coefficient (Wildman–Crippen LogP) is 4.03. The number of carbonyl (C=O) groups is 2. The Bertz CT molecular complexity index is 1570. The molecule has 1 aliphatic rings. The van der Waals surface area contributed by atoms with Gasteiger partial charge in [-0.1, -0.05) is 25.1 Å². The quantitative estimate of drug-likeness (QED) is 0.245. The number of ether oxygens (including phenoxy) is 2. The van der Waals surface area contributed by atoms with Gasteiger partial charge in [0.05, 0.1) is 25.0 Å². The molecule has 2 heterocycles. The number of primary amides is 1. The Morgan fingerprint density at radius 2 is 1.77 bits per heavy atom. The van der Waals surface area contributed by atoms with Crippen LogP contribution in [0.4, 0.5) is 14.5 Å². The molecule has 0 radical (unpaired) electrons. The van der Waals surface area contributed by atoms with E-state index in [1.807, 2.05) is 0 Å². The fraction of sp³-hybridized carbons (Fsp3) is 0.267. The first kappa shape index (κ1) is 30.3. The summed E-state index contributed by atoms with van der Waals surface area (Å²) in [5.41, 5.74) is 5.45. The molecule has 1 saturated heterocycles. The van der Waals surface area contributed by atoms with Gasteiger partial charge in [0.15, 0.2) is 6.29 Å². The molecule has 5 rings (SSSR count). The van der Waals surface area contributed by atoms with Crippen LogP contribution in [0.3, 0.4) is 0 Å². The van der Waals surface area contributed by atoms with Crippen molar-refractivity contribution in [2.24, 2.45) is 5.73 Å². The van der Waals surface area contributed by atoms with Crippen molar-refractivity contribution in [3.05, 3.63) is 113 Å². The van der Waals surface area contributed by atoms with Crippen molar-refractivity contribution >= 4 is 29.3 Å². The van der Waals surface area contributed by atoms with Gasteiger partial charge in [-0.05, 0) is 42.5 Å². The van der Waals surface area contributed by atoms with E-state index in [9.17, 15) is 23.5 Å². The van der Waals surface area contributed by atoms with E-state index in [0.29, 0.717) is 16.8 Å². The number of thioether (sulfide) groups is 1. The molecule has 43 heavy (non-hydrogen) atoms. The van der Waals surface area contributed by atoms with Gasteiger partial charge in [-0.2, -0.15) is 5.10 Å².